The summed E-state index contributed by atoms with van der Waals surface area (Å²) < 4.78 is 12.8. The van der Waals surface area contributed by atoms with Gasteiger partial charge in [0.1, 0.15) is 22.3 Å². The summed E-state index contributed by atoms with van der Waals surface area (Å²) in [7, 11) is 0. The Labute approximate surface area is 282 Å². The first-order chi connectivity index (χ1) is 24.1. The van der Waals surface area contributed by atoms with Crippen LogP contribution in [-0.2, 0) is 5.41 Å². The number of hydrogen-bond acceptors (Lipinski definition) is 2. The van der Waals surface area contributed by atoms with E-state index in [1.54, 1.807) is 0 Å². The van der Waals surface area contributed by atoms with Crippen molar-refractivity contribution in [1.29, 1.82) is 0 Å². The molecule has 11 rings (SSSR count). The molecule has 0 bridgehead atoms. The van der Waals surface area contributed by atoms with Crippen LogP contribution in [0.1, 0.15) is 25.0 Å². The molecule has 2 nitrogen and oxygen atoms in total. The lowest BCUT2D eigenvalue weighted by Crippen LogP contribution is -2.14. The molecule has 10 aromatic rings. The molecule has 0 radical (unpaired) electrons. The average Bonchev–Trinajstić information content (AvgIpc) is 3.77. The summed E-state index contributed by atoms with van der Waals surface area (Å²) in [5.74, 6) is 0. The number of para-hydroxylation sites is 1. The lowest BCUT2D eigenvalue weighted by atomic mass is 9.80. The van der Waals surface area contributed by atoms with E-state index in [1.807, 2.05) is 24.3 Å². The standard InChI is InChI=1S/C47H30O2/c1-47(2)37-17-9-7-11-29(37)30-21-19-27(25-38(30)47)43-31-12-3-5-14-33(31)44(34-15-6-4-13-32(34)43)28-20-22-36-42(26-28)49-41-24-23-40-45(46(36)41)35-16-8-10-18-39(35)48-40/h3-26H,1-2H3. The molecule has 2 heteroatoms. The van der Waals surface area contributed by atoms with E-state index in [0.717, 1.165) is 49.4 Å². The van der Waals surface area contributed by atoms with Gasteiger partial charge in [0.2, 0.25) is 0 Å². The maximum absolute atomic E-state index is 6.61. The van der Waals surface area contributed by atoms with Gasteiger partial charge in [-0.1, -0.05) is 123 Å². The summed E-state index contributed by atoms with van der Waals surface area (Å²) >= 11 is 0. The van der Waals surface area contributed by atoms with E-state index in [0.29, 0.717) is 0 Å². The van der Waals surface area contributed by atoms with Gasteiger partial charge in [-0.2, -0.15) is 0 Å². The first-order valence-electron chi connectivity index (χ1n) is 17.0. The van der Waals surface area contributed by atoms with Gasteiger partial charge in [-0.05, 0) is 102 Å². The second kappa shape index (κ2) is 9.49. The fourth-order valence-corrected chi connectivity index (χ4v) is 8.85. The van der Waals surface area contributed by atoms with Crippen LogP contribution in [0.5, 0.6) is 0 Å². The van der Waals surface area contributed by atoms with E-state index in [1.165, 1.54) is 60.5 Å². The Morgan fingerprint density at radius 1 is 0.367 bits per heavy atom. The van der Waals surface area contributed by atoms with Crippen molar-refractivity contribution >= 4 is 65.4 Å². The minimum Gasteiger partial charge on any atom is -0.456 e. The quantitative estimate of drug-likeness (QED) is 0.178. The fourth-order valence-electron chi connectivity index (χ4n) is 8.85. The number of benzene rings is 8. The number of furan rings is 2. The molecular formula is C47H30O2. The van der Waals surface area contributed by atoms with Crippen LogP contribution in [0, 0.1) is 0 Å². The Bertz CT molecular complexity index is 2970. The predicted octanol–water partition coefficient (Wildman–Crippen LogP) is 13.4. The third kappa shape index (κ3) is 3.55. The minimum atomic E-state index is -0.0657. The van der Waals surface area contributed by atoms with Gasteiger partial charge in [0.15, 0.2) is 0 Å². The van der Waals surface area contributed by atoms with E-state index in [2.05, 4.69) is 135 Å². The van der Waals surface area contributed by atoms with Crippen molar-refractivity contribution in [3.05, 3.63) is 157 Å². The molecule has 2 aromatic heterocycles. The molecule has 49 heavy (non-hydrogen) atoms. The zero-order valence-corrected chi connectivity index (χ0v) is 27.2. The summed E-state index contributed by atoms with van der Waals surface area (Å²) in [6, 6.07) is 52.8. The Morgan fingerprint density at radius 3 is 1.53 bits per heavy atom. The van der Waals surface area contributed by atoms with Gasteiger partial charge in [-0.3, -0.25) is 0 Å². The molecule has 2 heterocycles. The zero-order chi connectivity index (χ0) is 32.4. The van der Waals surface area contributed by atoms with Crippen LogP contribution in [0.15, 0.2) is 154 Å². The van der Waals surface area contributed by atoms with Crippen molar-refractivity contribution in [1.82, 2.24) is 0 Å². The van der Waals surface area contributed by atoms with Gasteiger partial charge in [0.25, 0.3) is 0 Å². The maximum Gasteiger partial charge on any atom is 0.136 e. The molecule has 0 saturated heterocycles. The molecule has 230 valence electrons. The molecule has 0 fully saturated rings. The van der Waals surface area contributed by atoms with Crippen LogP contribution in [-0.4, -0.2) is 0 Å². The van der Waals surface area contributed by atoms with E-state index in [4.69, 9.17) is 8.83 Å². The number of rotatable bonds is 2. The summed E-state index contributed by atoms with van der Waals surface area (Å²) in [6.07, 6.45) is 0. The zero-order valence-electron chi connectivity index (χ0n) is 27.2. The molecule has 1 aliphatic rings. The monoisotopic (exact) mass is 626 g/mol. The van der Waals surface area contributed by atoms with Gasteiger partial charge >= 0.3 is 0 Å². The lowest BCUT2D eigenvalue weighted by molar-refractivity contribution is 0.660. The molecule has 0 unspecified atom stereocenters. The highest BCUT2D eigenvalue weighted by atomic mass is 16.3. The summed E-state index contributed by atoms with van der Waals surface area (Å²) in [6.45, 7) is 4.71. The van der Waals surface area contributed by atoms with Crippen molar-refractivity contribution in [3.63, 3.8) is 0 Å². The van der Waals surface area contributed by atoms with E-state index in [9.17, 15) is 0 Å². The highest BCUT2D eigenvalue weighted by molar-refractivity contribution is 6.27. The predicted molar refractivity (Wildman–Crippen MR) is 204 cm³/mol. The Morgan fingerprint density at radius 2 is 0.857 bits per heavy atom. The van der Waals surface area contributed by atoms with Crippen molar-refractivity contribution in [2.24, 2.45) is 0 Å². The SMILES string of the molecule is CC1(C)c2ccccc2-c2ccc(-c3c4ccccc4c(-c4ccc5c(c4)oc4ccc6oc7ccccc7c6c45)c4ccccc34)cc21. The third-order valence-electron chi connectivity index (χ3n) is 11.1. The largest absolute Gasteiger partial charge is 0.456 e. The Hall–Kier alpha value is -6.12. The van der Waals surface area contributed by atoms with Crippen LogP contribution in [0.2, 0.25) is 0 Å². The second-order valence-corrected chi connectivity index (χ2v) is 14.0. The summed E-state index contributed by atoms with van der Waals surface area (Å²) in [5.41, 5.74) is 13.8. The number of fused-ring (bicyclic) bond motifs is 12. The third-order valence-corrected chi connectivity index (χ3v) is 11.1. The number of hydrogen-bond donors (Lipinski definition) is 0. The van der Waals surface area contributed by atoms with E-state index < -0.39 is 0 Å². The van der Waals surface area contributed by atoms with Crippen molar-refractivity contribution in [2.75, 3.05) is 0 Å². The van der Waals surface area contributed by atoms with Crippen LogP contribution in [0.3, 0.4) is 0 Å². The normalized spacial score (nSPS) is 13.7. The van der Waals surface area contributed by atoms with E-state index >= 15 is 0 Å². The highest BCUT2D eigenvalue weighted by Crippen LogP contribution is 2.51. The second-order valence-electron chi connectivity index (χ2n) is 14.0. The molecule has 0 saturated carbocycles. The smallest absolute Gasteiger partial charge is 0.136 e. The molecule has 0 N–H and O–H groups in total. The van der Waals surface area contributed by atoms with Gasteiger partial charge in [0.05, 0.1) is 0 Å². The molecule has 0 spiro atoms. The van der Waals surface area contributed by atoms with Gasteiger partial charge in [-0.15, -0.1) is 0 Å². The summed E-state index contributed by atoms with van der Waals surface area (Å²) in [5, 5.41) is 9.40. The van der Waals surface area contributed by atoms with Gasteiger partial charge in [-0.25, -0.2) is 0 Å². The van der Waals surface area contributed by atoms with Gasteiger partial charge in [0, 0.05) is 27.0 Å². The van der Waals surface area contributed by atoms with Crippen LogP contribution < -0.4 is 0 Å². The molecule has 0 atom stereocenters. The van der Waals surface area contributed by atoms with E-state index in [-0.39, 0.29) is 5.41 Å². The van der Waals surface area contributed by atoms with Crippen LogP contribution >= 0.6 is 0 Å². The first kappa shape index (κ1) is 26.9. The lowest BCUT2D eigenvalue weighted by Gasteiger charge is -2.23. The van der Waals surface area contributed by atoms with Crippen molar-refractivity contribution in [2.45, 2.75) is 19.3 Å². The topological polar surface area (TPSA) is 26.3 Å². The fraction of sp³-hybridized carbons (Fsp3) is 0.0638. The Kier molecular flexibility index (Phi) is 5.21. The molecule has 8 aromatic carbocycles. The average molecular weight is 627 g/mol. The molecule has 1 aliphatic carbocycles. The molecule has 0 aliphatic heterocycles. The highest BCUT2D eigenvalue weighted by Gasteiger charge is 2.35. The minimum absolute atomic E-state index is 0.0657. The molecule has 0 amide bonds. The summed E-state index contributed by atoms with van der Waals surface area (Å²) in [4.78, 5) is 0. The van der Waals surface area contributed by atoms with Crippen LogP contribution in [0.25, 0.3) is 98.8 Å². The van der Waals surface area contributed by atoms with Crippen molar-refractivity contribution in [3.8, 4) is 33.4 Å². The Balaban J connectivity index is 1.16. The van der Waals surface area contributed by atoms with Crippen molar-refractivity contribution < 1.29 is 8.83 Å². The maximum atomic E-state index is 6.61. The first-order valence-corrected chi connectivity index (χ1v) is 17.0. The van der Waals surface area contributed by atoms with Crippen LogP contribution in [0.4, 0.5) is 0 Å². The molecular weight excluding hydrogens is 597 g/mol. The van der Waals surface area contributed by atoms with Gasteiger partial charge < -0.3 is 8.83 Å².